The number of carbonyl (C=O) groups excluding carboxylic acids is 1. The van der Waals surface area contributed by atoms with E-state index in [9.17, 15) is 9.90 Å². The van der Waals surface area contributed by atoms with E-state index in [4.69, 9.17) is 0 Å². The van der Waals surface area contributed by atoms with Gasteiger partial charge in [-0.05, 0) is 58.8 Å². The second-order valence-electron chi connectivity index (χ2n) is 7.34. The van der Waals surface area contributed by atoms with Crippen molar-refractivity contribution >= 4 is 45.6 Å². The number of halogens is 1. The Morgan fingerprint density at radius 2 is 2.16 bits per heavy atom. The summed E-state index contributed by atoms with van der Waals surface area (Å²) in [5, 5.41) is 18.1. The third kappa shape index (κ3) is 5.92. The molecule has 3 aromatic rings. The summed E-state index contributed by atoms with van der Waals surface area (Å²) in [6.45, 7) is 4.48. The van der Waals surface area contributed by atoms with Gasteiger partial charge in [0.05, 0.1) is 16.4 Å². The molecule has 0 aliphatic carbocycles. The van der Waals surface area contributed by atoms with Gasteiger partial charge < -0.3 is 15.3 Å². The molecule has 4 rings (SSSR count). The Labute approximate surface area is 195 Å². The number of rotatable bonds is 6. The first-order valence-corrected chi connectivity index (χ1v) is 12.5. The highest BCUT2D eigenvalue weighted by atomic mass is 79.9. The Morgan fingerprint density at radius 3 is 2.87 bits per heavy atom. The number of phenols is 1. The number of fused-ring (bicyclic) bond motifs is 1. The molecule has 7 nitrogen and oxygen atoms in total. The van der Waals surface area contributed by atoms with Gasteiger partial charge >= 0.3 is 0 Å². The largest absolute Gasteiger partial charge is 0.507 e. The third-order valence-corrected chi connectivity index (χ3v) is 6.31. The van der Waals surface area contributed by atoms with Crippen LogP contribution < -0.4 is 5.32 Å². The smallest absolute Gasteiger partial charge is 0.209 e. The Hall–Kier alpha value is -2.26. The molecule has 1 saturated heterocycles. The lowest BCUT2D eigenvalue weighted by Crippen LogP contribution is -2.37. The molecule has 166 valence electrons. The number of thioether (sulfide) groups is 1. The number of para-hydroxylation sites is 1. The van der Waals surface area contributed by atoms with Gasteiger partial charge in [-0.3, -0.25) is 4.79 Å². The molecule has 0 spiro atoms. The molecule has 0 radical (unpaired) electrons. The second-order valence-corrected chi connectivity index (χ2v) is 9.35. The van der Waals surface area contributed by atoms with Crippen LogP contribution in [-0.2, 0) is 4.79 Å². The number of likely N-dealkylation sites (tertiary alicyclic amines) is 1. The Morgan fingerprint density at radius 1 is 1.39 bits per heavy atom. The first-order chi connectivity index (χ1) is 15.1. The molecular weight excluding hydrogens is 478 g/mol. The van der Waals surface area contributed by atoms with E-state index in [1.54, 1.807) is 22.8 Å². The predicted molar refractivity (Wildman–Crippen MR) is 131 cm³/mol. The first-order valence-electron chi connectivity index (χ1n) is 10.3. The van der Waals surface area contributed by atoms with Crippen LogP contribution in [0.4, 0.5) is 5.82 Å². The predicted octanol–water partition coefficient (Wildman–Crippen LogP) is 4.51. The SMILES string of the molecule is CCSC.O=CN1CCCC(CNc2cc(-c3ccccc3O)nc3c(Br)cnn23)C1. The summed E-state index contributed by atoms with van der Waals surface area (Å²) < 4.78 is 2.53. The fraction of sp³-hybridized carbons (Fsp3) is 0.409. The molecule has 1 fully saturated rings. The standard InChI is InChI=1S/C19H20BrN5O2.C3H8S/c20-15-10-22-25-18(21-9-13-4-3-7-24(11-13)12-26)8-16(23-19(15)25)14-5-1-2-6-17(14)27;1-3-4-2/h1-2,5-6,8,10,12-13,21,27H,3-4,7,9,11H2;3H2,1-2H3. The molecule has 1 atom stereocenters. The van der Waals surface area contributed by atoms with Gasteiger partial charge in [0.25, 0.3) is 0 Å². The molecule has 9 heteroatoms. The summed E-state index contributed by atoms with van der Waals surface area (Å²) >= 11 is 5.35. The molecule has 1 aromatic carbocycles. The highest BCUT2D eigenvalue weighted by molar-refractivity contribution is 9.10. The van der Waals surface area contributed by atoms with Crippen molar-refractivity contribution < 1.29 is 9.90 Å². The van der Waals surface area contributed by atoms with Crippen LogP contribution in [0.2, 0.25) is 0 Å². The summed E-state index contributed by atoms with van der Waals surface area (Å²) in [5.74, 6) is 2.61. The lowest BCUT2D eigenvalue weighted by Gasteiger charge is -2.30. The molecule has 1 aliphatic rings. The maximum Gasteiger partial charge on any atom is 0.209 e. The Kier molecular flexibility index (Phi) is 8.60. The van der Waals surface area contributed by atoms with E-state index >= 15 is 0 Å². The minimum absolute atomic E-state index is 0.185. The van der Waals surface area contributed by atoms with E-state index < -0.39 is 0 Å². The highest BCUT2D eigenvalue weighted by Gasteiger charge is 2.19. The van der Waals surface area contributed by atoms with E-state index in [1.807, 2.05) is 34.9 Å². The Balaban J connectivity index is 0.000000628. The lowest BCUT2D eigenvalue weighted by atomic mass is 9.98. The summed E-state index contributed by atoms with van der Waals surface area (Å²) in [6, 6.07) is 9.03. The molecule has 0 bridgehead atoms. The molecule has 2 aromatic heterocycles. The number of benzene rings is 1. The number of carbonyl (C=O) groups is 1. The van der Waals surface area contributed by atoms with Crippen molar-refractivity contribution in [3.63, 3.8) is 0 Å². The van der Waals surface area contributed by atoms with Gasteiger partial charge in [-0.2, -0.15) is 21.4 Å². The third-order valence-electron chi connectivity index (χ3n) is 5.17. The van der Waals surface area contributed by atoms with E-state index in [-0.39, 0.29) is 5.75 Å². The van der Waals surface area contributed by atoms with E-state index in [1.165, 1.54) is 5.75 Å². The fourth-order valence-corrected chi connectivity index (χ4v) is 3.85. The molecule has 1 aliphatic heterocycles. The van der Waals surface area contributed by atoms with Gasteiger partial charge in [-0.25, -0.2) is 4.98 Å². The topological polar surface area (TPSA) is 82.8 Å². The van der Waals surface area contributed by atoms with Gasteiger partial charge in [0, 0.05) is 31.3 Å². The number of anilines is 1. The van der Waals surface area contributed by atoms with Crippen molar-refractivity contribution in [2.24, 2.45) is 5.92 Å². The van der Waals surface area contributed by atoms with Crippen LogP contribution >= 0.6 is 27.7 Å². The molecule has 1 amide bonds. The zero-order valence-electron chi connectivity index (χ0n) is 17.8. The summed E-state index contributed by atoms with van der Waals surface area (Å²) in [6.07, 6.45) is 6.84. The van der Waals surface area contributed by atoms with Crippen LogP contribution in [0.5, 0.6) is 5.75 Å². The number of nitrogens with zero attached hydrogens (tertiary/aromatic N) is 4. The quantitative estimate of drug-likeness (QED) is 0.479. The number of aromatic nitrogens is 3. The summed E-state index contributed by atoms with van der Waals surface area (Å²) in [5.41, 5.74) is 2.01. The maximum atomic E-state index is 11.0. The van der Waals surface area contributed by atoms with E-state index in [0.717, 1.165) is 49.2 Å². The number of hydrogen-bond donors (Lipinski definition) is 2. The minimum Gasteiger partial charge on any atom is -0.507 e. The van der Waals surface area contributed by atoms with Gasteiger partial charge in [0.15, 0.2) is 5.65 Å². The fourth-order valence-electron chi connectivity index (χ4n) is 3.50. The normalized spacial score (nSPS) is 16.0. The van der Waals surface area contributed by atoms with Crippen LogP contribution in [0.3, 0.4) is 0 Å². The van der Waals surface area contributed by atoms with Crippen LogP contribution in [0.25, 0.3) is 16.9 Å². The Bertz CT molecular complexity index is 1010. The molecule has 0 saturated carbocycles. The number of amides is 1. The number of aromatic hydroxyl groups is 1. The van der Waals surface area contributed by atoms with Gasteiger partial charge in [-0.1, -0.05) is 19.1 Å². The molecule has 1 unspecified atom stereocenters. The van der Waals surface area contributed by atoms with Crippen molar-refractivity contribution in [3.8, 4) is 17.0 Å². The van der Waals surface area contributed by atoms with E-state index in [0.29, 0.717) is 22.8 Å². The number of piperidine rings is 1. The first kappa shape index (κ1) is 23.4. The highest BCUT2D eigenvalue weighted by Crippen LogP contribution is 2.31. The molecule has 31 heavy (non-hydrogen) atoms. The van der Waals surface area contributed by atoms with Crippen molar-refractivity contribution in [1.29, 1.82) is 0 Å². The zero-order chi connectivity index (χ0) is 22.2. The summed E-state index contributed by atoms with van der Waals surface area (Å²) in [7, 11) is 0. The van der Waals surface area contributed by atoms with Crippen molar-refractivity contribution in [2.75, 3.05) is 37.0 Å². The second kappa shape index (κ2) is 11.4. The monoisotopic (exact) mass is 505 g/mol. The lowest BCUT2D eigenvalue weighted by molar-refractivity contribution is -0.119. The van der Waals surface area contributed by atoms with Crippen LogP contribution in [0, 0.1) is 5.92 Å². The molecular formula is C22H28BrN5O2S. The number of nitrogens with one attached hydrogen (secondary N) is 1. The van der Waals surface area contributed by atoms with Crippen LogP contribution in [0.1, 0.15) is 19.8 Å². The molecule has 3 heterocycles. The van der Waals surface area contributed by atoms with Crippen molar-refractivity contribution in [2.45, 2.75) is 19.8 Å². The van der Waals surface area contributed by atoms with Crippen LogP contribution in [0.15, 0.2) is 41.0 Å². The summed E-state index contributed by atoms with van der Waals surface area (Å²) in [4.78, 5) is 17.5. The minimum atomic E-state index is 0.185. The number of phenolic OH excluding ortho intramolecular Hbond substituents is 1. The van der Waals surface area contributed by atoms with Crippen LogP contribution in [-0.4, -0.2) is 62.7 Å². The average molecular weight is 506 g/mol. The average Bonchev–Trinajstić information content (AvgIpc) is 3.19. The number of hydrogen-bond acceptors (Lipinski definition) is 6. The van der Waals surface area contributed by atoms with Crippen molar-refractivity contribution in [1.82, 2.24) is 19.5 Å². The maximum absolute atomic E-state index is 11.0. The van der Waals surface area contributed by atoms with Gasteiger partial charge in [0.1, 0.15) is 11.6 Å². The van der Waals surface area contributed by atoms with Gasteiger partial charge in [-0.15, -0.1) is 0 Å². The van der Waals surface area contributed by atoms with E-state index in [2.05, 4.69) is 44.5 Å². The van der Waals surface area contributed by atoms with Gasteiger partial charge in [0.2, 0.25) is 6.41 Å². The van der Waals surface area contributed by atoms with Crippen molar-refractivity contribution in [3.05, 3.63) is 41.0 Å². The zero-order valence-corrected chi connectivity index (χ0v) is 20.2. The molecule has 2 N–H and O–H groups in total.